The van der Waals surface area contributed by atoms with Gasteiger partial charge in [0.1, 0.15) is 29.5 Å². The molecule has 9 nitrogen and oxygen atoms in total. The van der Waals surface area contributed by atoms with Crippen molar-refractivity contribution in [3.05, 3.63) is 42.4 Å². The number of benzene rings is 1. The van der Waals surface area contributed by atoms with Crippen molar-refractivity contribution in [1.29, 1.82) is 0 Å². The predicted molar refractivity (Wildman–Crippen MR) is 149 cm³/mol. The summed E-state index contributed by atoms with van der Waals surface area (Å²) in [6.45, 7) is 7.63. The topological polar surface area (TPSA) is 111 Å². The monoisotopic (exact) mass is 524 g/mol. The number of ether oxygens (including phenoxy) is 2. The van der Waals surface area contributed by atoms with Gasteiger partial charge in [0, 0.05) is 17.6 Å². The van der Waals surface area contributed by atoms with Crippen LogP contribution in [-0.2, 0) is 15.4 Å². The number of pyridine rings is 1. The van der Waals surface area contributed by atoms with Crippen molar-refractivity contribution < 1.29 is 14.3 Å². The number of hydrogen-bond donors (Lipinski definition) is 2. The molecule has 37 heavy (non-hydrogen) atoms. The van der Waals surface area contributed by atoms with Gasteiger partial charge in [0.05, 0.1) is 11.2 Å². The fourth-order valence-electron chi connectivity index (χ4n) is 4.40. The molecule has 4 rings (SSSR count). The van der Waals surface area contributed by atoms with Crippen LogP contribution in [0.15, 0.2) is 41.2 Å². The molecule has 2 heterocycles. The summed E-state index contributed by atoms with van der Waals surface area (Å²) < 4.78 is 16.4. The van der Waals surface area contributed by atoms with Gasteiger partial charge in [0.25, 0.3) is 0 Å². The van der Waals surface area contributed by atoms with Crippen molar-refractivity contribution >= 4 is 44.9 Å². The van der Waals surface area contributed by atoms with Crippen LogP contribution in [0.25, 0.3) is 10.9 Å². The van der Waals surface area contributed by atoms with Gasteiger partial charge in [-0.05, 0) is 95.7 Å². The van der Waals surface area contributed by atoms with E-state index in [2.05, 4.69) is 48.5 Å². The molecule has 2 aromatic heterocycles. The molecular weight excluding hydrogens is 488 g/mol. The molecule has 1 aliphatic rings. The summed E-state index contributed by atoms with van der Waals surface area (Å²) >= 11 is 0. The first-order valence-corrected chi connectivity index (χ1v) is 14.5. The number of nitrogens with one attached hydrogen (secondary N) is 2. The van der Waals surface area contributed by atoms with Crippen LogP contribution in [0.5, 0.6) is 5.88 Å². The molecule has 0 bridgehead atoms. The SMILES string of the molecule is Cc1cc(N=S(C)C)cc2ncnc(Nc3cccnc3OC3CCC(NC(=O)OC(C)(C)C)CC3)c12. The lowest BCUT2D eigenvalue weighted by Crippen LogP contribution is -2.42. The number of aryl methyl sites for hydroxylation is 1. The van der Waals surface area contributed by atoms with Crippen LogP contribution in [-0.4, -0.2) is 51.3 Å². The molecule has 1 aromatic carbocycles. The van der Waals surface area contributed by atoms with Crippen molar-refractivity contribution in [1.82, 2.24) is 20.3 Å². The highest BCUT2D eigenvalue weighted by Crippen LogP contribution is 2.33. The number of nitrogens with zero attached hydrogens (tertiary/aromatic N) is 4. The maximum Gasteiger partial charge on any atom is 0.407 e. The molecule has 1 fully saturated rings. The molecule has 1 aliphatic carbocycles. The Morgan fingerprint density at radius 2 is 1.86 bits per heavy atom. The van der Waals surface area contributed by atoms with Crippen molar-refractivity contribution in [2.24, 2.45) is 4.36 Å². The number of anilines is 2. The van der Waals surface area contributed by atoms with Crippen LogP contribution in [0.1, 0.15) is 52.0 Å². The summed E-state index contributed by atoms with van der Waals surface area (Å²) in [5.41, 5.74) is 3.04. The largest absolute Gasteiger partial charge is 0.473 e. The standard InChI is InChI=1S/C27H36N6O3S/c1-17-14-19(33-37(5)6)15-22-23(17)24(30-16-29-22)32-21-8-7-13-28-25(21)35-20-11-9-18(10-12-20)31-26(34)36-27(2,3)4/h7-8,13-16,18,20H,9-12H2,1-6H3,(H,31,34)(H,29,30,32). The second kappa shape index (κ2) is 11.4. The first-order valence-electron chi connectivity index (χ1n) is 12.5. The minimum Gasteiger partial charge on any atom is -0.473 e. The molecule has 1 saturated carbocycles. The Kier molecular flexibility index (Phi) is 8.26. The number of carbonyl (C=O) groups is 1. The van der Waals surface area contributed by atoms with Crippen molar-refractivity contribution in [2.75, 3.05) is 17.8 Å². The van der Waals surface area contributed by atoms with E-state index in [1.54, 1.807) is 12.5 Å². The first-order chi connectivity index (χ1) is 17.6. The third-order valence-corrected chi connectivity index (χ3v) is 6.48. The molecule has 3 aromatic rings. The van der Waals surface area contributed by atoms with Gasteiger partial charge < -0.3 is 20.1 Å². The van der Waals surface area contributed by atoms with E-state index < -0.39 is 5.60 Å². The van der Waals surface area contributed by atoms with Gasteiger partial charge in [0.2, 0.25) is 5.88 Å². The highest BCUT2D eigenvalue weighted by molar-refractivity contribution is 7.85. The second-order valence-electron chi connectivity index (χ2n) is 10.5. The zero-order chi connectivity index (χ0) is 26.6. The number of aromatic nitrogens is 3. The maximum absolute atomic E-state index is 12.1. The molecule has 0 radical (unpaired) electrons. The lowest BCUT2D eigenvalue weighted by Gasteiger charge is -2.30. The van der Waals surface area contributed by atoms with Gasteiger partial charge >= 0.3 is 6.09 Å². The molecule has 0 spiro atoms. The van der Waals surface area contributed by atoms with Crippen LogP contribution < -0.4 is 15.4 Å². The van der Waals surface area contributed by atoms with Crippen LogP contribution in [0.2, 0.25) is 0 Å². The third kappa shape index (κ3) is 7.38. The summed E-state index contributed by atoms with van der Waals surface area (Å²) in [7, 11) is -0.0570. The Bertz CT molecular complexity index is 1300. The lowest BCUT2D eigenvalue weighted by atomic mass is 9.93. The summed E-state index contributed by atoms with van der Waals surface area (Å²) in [6, 6.07) is 7.94. The van der Waals surface area contributed by atoms with Crippen LogP contribution in [0.4, 0.5) is 22.0 Å². The van der Waals surface area contributed by atoms with Gasteiger partial charge in [-0.1, -0.05) is 0 Å². The number of alkyl carbamates (subject to hydrolysis) is 1. The quantitative estimate of drug-likeness (QED) is 0.408. The number of rotatable bonds is 6. The Balaban J connectivity index is 1.45. The van der Waals surface area contributed by atoms with E-state index in [4.69, 9.17) is 9.47 Å². The molecule has 2 N–H and O–H groups in total. The fraction of sp³-hybridized carbons (Fsp3) is 0.481. The number of carbonyl (C=O) groups excluding carboxylic acids is 1. The Labute approximate surface area is 220 Å². The molecule has 1 amide bonds. The number of fused-ring (bicyclic) bond motifs is 1. The normalized spacial score (nSPS) is 17.9. The van der Waals surface area contributed by atoms with E-state index in [1.165, 1.54) is 0 Å². The minimum atomic E-state index is -0.508. The zero-order valence-corrected chi connectivity index (χ0v) is 23.2. The first kappa shape index (κ1) is 26.8. The molecule has 0 unspecified atom stereocenters. The molecule has 0 saturated heterocycles. The Morgan fingerprint density at radius 1 is 1.11 bits per heavy atom. The summed E-state index contributed by atoms with van der Waals surface area (Å²) in [5.74, 6) is 1.23. The summed E-state index contributed by atoms with van der Waals surface area (Å²) in [5, 5.41) is 7.34. The molecular formula is C27H36N6O3S. The third-order valence-electron chi connectivity index (χ3n) is 5.91. The van der Waals surface area contributed by atoms with Crippen LogP contribution in [0, 0.1) is 6.92 Å². The second-order valence-corrected chi connectivity index (χ2v) is 12.2. The van der Waals surface area contributed by atoms with Crippen molar-refractivity contribution in [3.8, 4) is 5.88 Å². The van der Waals surface area contributed by atoms with Gasteiger partial charge in [-0.15, -0.1) is 10.7 Å². The Hall–Kier alpha value is -3.27. The van der Waals surface area contributed by atoms with E-state index in [0.29, 0.717) is 11.7 Å². The van der Waals surface area contributed by atoms with E-state index in [9.17, 15) is 4.79 Å². The fourth-order valence-corrected chi connectivity index (χ4v) is 4.92. The van der Waals surface area contributed by atoms with Gasteiger partial charge in [-0.25, -0.2) is 24.1 Å². The molecule has 198 valence electrons. The molecule has 0 aliphatic heterocycles. The van der Waals surface area contributed by atoms with Crippen LogP contribution >= 0.6 is 0 Å². The number of amides is 1. The van der Waals surface area contributed by atoms with Gasteiger partial charge in [-0.3, -0.25) is 0 Å². The van der Waals surface area contributed by atoms with E-state index in [-0.39, 0.29) is 28.9 Å². The van der Waals surface area contributed by atoms with Crippen LogP contribution in [0.3, 0.4) is 0 Å². The Morgan fingerprint density at radius 3 is 2.57 bits per heavy atom. The smallest absolute Gasteiger partial charge is 0.407 e. The van der Waals surface area contributed by atoms with E-state index in [1.807, 2.05) is 45.9 Å². The summed E-state index contributed by atoms with van der Waals surface area (Å²) in [6.07, 6.45) is 10.4. The van der Waals surface area contributed by atoms with E-state index >= 15 is 0 Å². The minimum absolute atomic E-state index is 0.0112. The zero-order valence-electron chi connectivity index (χ0n) is 22.4. The highest BCUT2D eigenvalue weighted by atomic mass is 32.2. The maximum atomic E-state index is 12.1. The predicted octanol–water partition coefficient (Wildman–Crippen LogP) is 5.98. The highest BCUT2D eigenvalue weighted by Gasteiger charge is 2.26. The van der Waals surface area contributed by atoms with Gasteiger partial charge in [-0.2, -0.15) is 0 Å². The number of hydrogen-bond acceptors (Lipinski definition) is 8. The lowest BCUT2D eigenvalue weighted by molar-refractivity contribution is 0.0469. The average Bonchev–Trinajstić information content (AvgIpc) is 2.80. The van der Waals surface area contributed by atoms with E-state index in [0.717, 1.165) is 53.5 Å². The average molecular weight is 525 g/mol. The summed E-state index contributed by atoms with van der Waals surface area (Å²) in [4.78, 5) is 25.6. The molecule has 10 heteroatoms. The van der Waals surface area contributed by atoms with Crippen molar-refractivity contribution in [3.63, 3.8) is 0 Å². The van der Waals surface area contributed by atoms with Gasteiger partial charge in [0.15, 0.2) is 0 Å². The van der Waals surface area contributed by atoms with Crippen molar-refractivity contribution in [2.45, 2.75) is 71.1 Å². The molecule has 0 atom stereocenters.